The summed E-state index contributed by atoms with van der Waals surface area (Å²) in [5, 5.41) is 23.2. The number of aliphatic hydroxyl groups excluding tert-OH is 1. The molecule has 0 spiro atoms. The Bertz CT molecular complexity index is 1340. The van der Waals surface area contributed by atoms with Crippen molar-refractivity contribution >= 4 is 23.9 Å². The molecule has 8 atom stereocenters. The van der Waals surface area contributed by atoms with E-state index >= 15 is 0 Å². The molecule has 0 amide bonds. The first-order valence-electron chi connectivity index (χ1n) is 14.5. The lowest BCUT2D eigenvalue weighted by Crippen LogP contribution is -2.60. The first-order chi connectivity index (χ1) is 19.9. The van der Waals surface area contributed by atoms with Gasteiger partial charge in [-0.1, -0.05) is 31.7 Å². The van der Waals surface area contributed by atoms with E-state index in [0.717, 1.165) is 0 Å². The maximum Gasteiger partial charge on any atom is 0.338 e. The summed E-state index contributed by atoms with van der Waals surface area (Å²) in [6.45, 7) is 14.8. The fourth-order valence-electron chi connectivity index (χ4n) is 7.62. The second-order valence-corrected chi connectivity index (χ2v) is 12.8. The van der Waals surface area contributed by atoms with Crippen LogP contribution in [0.3, 0.4) is 0 Å². The van der Waals surface area contributed by atoms with Crippen molar-refractivity contribution in [2.24, 2.45) is 16.7 Å². The lowest BCUT2D eigenvalue weighted by atomic mass is 9.56. The van der Waals surface area contributed by atoms with Gasteiger partial charge in [0, 0.05) is 32.6 Å². The third-order valence-corrected chi connectivity index (χ3v) is 9.77. The molecule has 2 fully saturated rings. The first-order valence-corrected chi connectivity index (χ1v) is 14.5. The molecule has 2 saturated carbocycles. The number of benzene rings is 1. The van der Waals surface area contributed by atoms with Crippen molar-refractivity contribution in [2.45, 2.75) is 104 Å². The maximum atomic E-state index is 13.7. The predicted molar refractivity (Wildman–Crippen MR) is 154 cm³/mol. The van der Waals surface area contributed by atoms with Gasteiger partial charge in [-0.25, -0.2) is 4.79 Å². The zero-order chi connectivity index (χ0) is 32.1. The molecule has 0 unspecified atom stereocenters. The van der Waals surface area contributed by atoms with Crippen LogP contribution in [-0.4, -0.2) is 70.2 Å². The van der Waals surface area contributed by atoms with Crippen molar-refractivity contribution < 1.29 is 48.3 Å². The predicted octanol–water partition coefficient (Wildman–Crippen LogP) is 3.83. The molecule has 4 rings (SSSR count). The summed E-state index contributed by atoms with van der Waals surface area (Å²) in [6, 6.07) is 8.31. The Morgan fingerprint density at radius 1 is 0.930 bits per heavy atom. The average molecular weight is 599 g/mol. The highest BCUT2D eigenvalue weighted by Gasteiger charge is 2.69. The minimum Gasteiger partial charge on any atom is -0.462 e. The number of rotatable bonds is 6. The molecule has 3 aliphatic rings. The number of carbonyl (C=O) groups is 4. The Morgan fingerprint density at radius 3 is 2.05 bits per heavy atom. The van der Waals surface area contributed by atoms with Gasteiger partial charge in [0.1, 0.15) is 12.2 Å². The summed E-state index contributed by atoms with van der Waals surface area (Å²) >= 11 is 0. The molecule has 234 valence electrons. The molecule has 2 N–H and O–H groups in total. The summed E-state index contributed by atoms with van der Waals surface area (Å²) in [7, 11) is 0. The van der Waals surface area contributed by atoms with E-state index in [1.54, 1.807) is 58.0 Å². The van der Waals surface area contributed by atoms with Crippen molar-refractivity contribution in [3.05, 3.63) is 59.2 Å². The smallest absolute Gasteiger partial charge is 0.338 e. The van der Waals surface area contributed by atoms with Crippen molar-refractivity contribution in [3.8, 4) is 0 Å². The van der Waals surface area contributed by atoms with Crippen LogP contribution in [-0.2, 0) is 33.3 Å². The Labute approximate surface area is 252 Å². The number of carbonyl (C=O) groups excluding carboxylic acids is 4. The van der Waals surface area contributed by atoms with Gasteiger partial charge in [-0.3, -0.25) is 14.4 Å². The Kier molecular flexibility index (Phi) is 8.70. The molecule has 3 aliphatic carbocycles. The van der Waals surface area contributed by atoms with Crippen LogP contribution >= 0.6 is 0 Å². The van der Waals surface area contributed by atoms with E-state index in [4.69, 9.17) is 18.9 Å². The van der Waals surface area contributed by atoms with E-state index in [2.05, 4.69) is 6.58 Å². The molecule has 1 aromatic carbocycles. The number of ether oxygens (including phenoxy) is 4. The Hall–Kier alpha value is -3.50. The highest BCUT2D eigenvalue weighted by molar-refractivity contribution is 5.89. The van der Waals surface area contributed by atoms with Crippen molar-refractivity contribution in [1.29, 1.82) is 0 Å². The highest BCUT2D eigenvalue weighted by Crippen LogP contribution is 2.65. The van der Waals surface area contributed by atoms with Crippen LogP contribution in [0.2, 0.25) is 0 Å². The molecular formula is C33H42O10. The second-order valence-electron chi connectivity index (χ2n) is 12.8. The third kappa shape index (κ3) is 5.62. The number of hydrogen-bond donors (Lipinski definition) is 2. The molecular weight excluding hydrogens is 556 g/mol. The van der Waals surface area contributed by atoms with E-state index in [1.807, 2.05) is 0 Å². The standard InChI is InChI=1S/C33H42O10/c1-17-23-15-33(31(6,7)39)16-24(37)18(2)27(33)28(43-30(38)22-12-10-9-11-13-22)29(42-21(5)36)32(23,8)26(41-20(4)35)14-25(17)40-19(3)34/h9-13,23-26,28-29,37,39H,1,14-16H2,2-8H3/t23-,24+,25+,26+,28-,29+,32+,33+/m1/s1. The highest BCUT2D eigenvalue weighted by atomic mass is 16.6. The first kappa shape index (κ1) is 32.4. The van der Waals surface area contributed by atoms with Crippen LogP contribution in [0.5, 0.6) is 0 Å². The fraction of sp³-hybridized carbons (Fsp3) is 0.576. The van der Waals surface area contributed by atoms with E-state index < -0.39 is 76.7 Å². The molecule has 1 aromatic rings. The van der Waals surface area contributed by atoms with Crippen LogP contribution in [0.1, 0.15) is 78.1 Å². The molecule has 0 bridgehead atoms. The Morgan fingerprint density at radius 2 is 1.51 bits per heavy atom. The zero-order valence-electron chi connectivity index (χ0n) is 25.8. The summed E-state index contributed by atoms with van der Waals surface area (Å²) in [5.41, 5.74) is -2.31. The van der Waals surface area contributed by atoms with E-state index in [9.17, 15) is 29.4 Å². The minimum absolute atomic E-state index is 0.0261. The summed E-state index contributed by atoms with van der Waals surface area (Å²) in [4.78, 5) is 51.1. The second kappa shape index (κ2) is 11.5. The molecule has 0 aromatic heterocycles. The van der Waals surface area contributed by atoms with Crippen LogP contribution in [0, 0.1) is 16.7 Å². The number of fused-ring (bicyclic) bond motifs is 2. The van der Waals surface area contributed by atoms with E-state index in [0.29, 0.717) is 16.7 Å². The molecule has 10 heteroatoms. The summed E-state index contributed by atoms with van der Waals surface area (Å²) in [6.07, 6.45) is -5.10. The summed E-state index contributed by atoms with van der Waals surface area (Å²) < 4.78 is 23.9. The molecule has 10 nitrogen and oxygen atoms in total. The molecule has 0 saturated heterocycles. The van der Waals surface area contributed by atoms with Gasteiger partial charge in [0.05, 0.1) is 22.7 Å². The van der Waals surface area contributed by atoms with E-state index in [1.165, 1.54) is 20.8 Å². The fourth-order valence-corrected chi connectivity index (χ4v) is 7.62. The van der Waals surface area contributed by atoms with Gasteiger partial charge in [-0.05, 0) is 68.4 Å². The SMILES string of the molecule is C=C1[C@@H](OC(C)=O)C[C@H](OC(C)=O)[C@]2(C)[C@@H]1C[C@]1(C(C)(C)O)C[C@H](O)C(C)=C1[C@@H](OC(=O)c1ccccc1)[C@@H]2OC(C)=O. The lowest BCUT2D eigenvalue weighted by molar-refractivity contribution is -0.198. The topological polar surface area (TPSA) is 146 Å². The monoisotopic (exact) mass is 598 g/mol. The number of esters is 4. The van der Waals surface area contributed by atoms with Gasteiger partial charge >= 0.3 is 23.9 Å². The van der Waals surface area contributed by atoms with Crippen molar-refractivity contribution in [1.82, 2.24) is 0 Å². The van der Waals surface area contributed by atoms with Gasteiger partial charge in [0.2, 0.25) is 0 Å². The minimum atomic E-state index is -1.49. The quantitative estimate of drug-likeness (QED) is 0.281. The van der Waals surface area contributed by atoms with E-state index in [-0.39, 0.29) is 24.8 Å². The molecule has 0 heterocycles. The zero-order valence-corrected chi connectivity index (χ0v) is 25.8. The van der Waals surface area contributed by atoms with Crippen LogP contribution < -0.4 is 0 Å². The van der Waals surface area contributed by atoms with Gasteiger partial charge in [-0.15, -0.1) is 0 Å². The van der Waals surface area contributed by atoms with Crippen LogP contribution in [0.15, 0.2) is 53.6 Å². The van der Waals surface area contributed by atoms with Crippen molar-refractivity contribution in [3.63, 3.8) is 0 Å². The maximum absolute atomic E-state index is 13.7. The van der Waals surface area contributed by atoms with Crippen LogP contribution in [0.4, 0.5) is 0 Å². The van der Waals surface area contributed by atoms with Crippen molar-refractivity contribution in [2.75, 3.05) is 0 Å². The van der Waals surface area contributed by atoms with Gasteiger partial charge < -0.3 is 29.2 Å². The molecule has 0 radical (unpaired) electrons. The normalized spacial score (nSPS) is 33.9. The lowest BCUT2D eigenvalue weighted by Gasteiger charge is -2.53. The largest absolute Gasteiger partial charge is 0.462 e. The third-order valence-electron chi connectivity index (χ3n) is 9.77. The van der Waals surface area contributed by atoms with Gasteiger partial charge in [-0.2, -0.15) is 0 Å². The average Bonchev–Trinajstić information content (AvgIpc) is 3.11. The van der Waals surface area contributed by atoms with Gasteiger partial charge in [0.15, 0.2) is 12.2 Å². The van der Waals surface area contributed by atoms with Crippen LogP contribution in [0.25, 0.3) is 0 Å². The number of aliphatic hydroxyl groups is 2. The number of hydrogen-bond acceptors (Lipinski definition) is 10. The molecule has 43 heavy (non-hydrogen) atoms. The Balaban J connectivity index is 2.05. The molecule has 0 aliphatic heterocycles. The summed E-state index contributed by atoms with van der Waals surface area (Å²) in [5.74, 6) is -3.23. The van der Waals surface area contributed by atoms with Gasteiger partial charge in [0.25, 0.3) is 0 Å².